The van der Waals surface area contributed by atoms with Crippen LogP contribution in [0.25, 0.3) is 0 Å². The van der Waals surface area contributed by atoms with Gasteiger partial charge in [-0.2, -0.15) is 0 Å². The Labute approximate surface area is 113 Å². The van der Waals surface area contributed by atoms with Crippen LogP contribution in [-0.2, 0) is 0 Å². The van der Waals surface area contributed by atoms with Crippen molar-refractivity contribution in [1.29, 1.82) is 0 Å². The molecule has 0 saturated heterocycles. The zero-order valence-corrected chi connectivity index (χ0v) is 11.1. The van der Waals surface area contributed by atoms with E-state index in [1.165, 1.54) is 55.5 Å². The summed E-state index contributed by atoms with van der Waals surface area (Å²) in [6.07, 6.45) is 8.35. The summed E-state index contributed by atoms with van der Waals surface area (Å²) in [5.74, 6) is -0.300. The van der Waals surface area contributed by atoms with Gasteiger partial charge >= 0.3 is 0 Å². The van der Waals surface area contributed by atoms with Gasteiger partial charge in [-0.1, -0.05) is 11.6 Å². The number of Topliss-reactive ketones (excluding diaryl/α,β-unsaturated/α-hetero) is 1. The molecule has 1 aromatic rings. The lowest BCUT2D eigenvalue weighted by Crippen LogP contribution is -2.24. The Balaban J connectivity index is 1.69. The van der Waals surface area contributed by atoms with Crippen molar-refractivity contribution in [2.45, 2.75) is 32.1 Å². The summed E-state index contributed by atoms with van der Waals surface area (Å²) in [6, 6.07) is 5.70. The lowest BCUT2D eigenvalue weighted by atomic mass is 9.97. The van der Waals surface area contributed by atoms with Crippen molar-refractivity contribution in [3.05, 3.63) is 47.3 Å². The second-order valence-electron chi connectivity index (χ2n) is 4.97. The predicted molar refractivity (Wildman–Crippen MR) is 74.8 cm³/mol. The summed E-state index contributed by atoms with van der Waals surface area (Å²) in [4.78, 5) is 11.8. The molecule has 3 heteroatoms. The van der Waals surface area contributed by atoms with Crippen molar-refractivity contribution >= 4 is 5.78 Å². The molecule has 0 amide bonds. The minimum atomic E-state index is -0.311. The number of ketones is 1. The van der Waals surface area contributed by atoms with Gasteiger partial charge in [-0.3, -0.25) is 4.79 Å². The lowest BCUT2D eigenvalue weighted by molar-refractivity contribution is 0.0991. The van der Waals surface area contributed by atoms with Crippen molar-refractivity contribution in [2.75, 3.05) is 13.1 Å². The lowest BCUT2D eigenvalue weighted by Gasteiger charge is -2.12. The molecule has 0 aliphatic heterocycles. The molecule has 2 rings (SSSR count). The molecule has 0 radical (unpaired) electrons. The normalized spacial score (nSPS) is 15.1. The Hall–Kier alpha value is -1.48. The highest BCUT2D eigenvalue weighted by Crippen LogP contribution is 2.19. The number of allylic oxidation sites excluding steroid dienone is 1. The van der Waals surface area contributed by atoms with Crippen LogP contribution in [0.15, 0.2) is 35.9 Å². The van der Waals surface area contributed by atoms with E-state index in [2.05, 4.69) is 11.4 Å². The first kappa shape index (κ1) is 13.9. The molecule has 1 aliphatic rings. The Bertz CT molecular complexity index is 450. The Morgan fingerprint density at radius 3 is 2.68 bits per heavy atom. The monoisotopic (exact) mass is 261 g/mol. The number of hydrogen-bond donors (Lipinski definition) is 1. The van der Waals surface area contributed by atoms with E-state index in [9.17, 15) is 9.18 Å². The maximum Gasteiger partial charge on any atom is 0.176 e. The summed E-state index contributed by atoms with van der Waals surface area (Å²) in [5, 5.41) is 3.16. The van der Waals surface area contributed by atoms with Crippen molar-refractivity contribution in [3.63, 3.8) is 0 Å². The van der Waals surface area contributed by atoms with Crippen LogP contribution in [0.3, 0.4) is 0 Å². The van der Waals surface area contributed by atoms with Crippen LogP contribution >= 0.6 is 0 Å². The third-order valence-electron chi connectivity index (χ3n) is 3.46. The van der Waals surface area contributed by atoms with Crippen LogP contribution in [0.5, 0.6) is 0 Å². The Kier molecular flexibility index (Phi) is 5.28. The van der Waals surface area contributed by atoms with Gasteiger partial charge in [0.05, 0.1) is 6.54 Å². The summed E-state index contributed by atoms with van der Waals surface area (Å²) in [7, 11) is 0. The number of carbonyl (C=O) groups excluding carboxylic acids is 1. The smallest absolute Gasteiger partial charge is 0.176 e. The first-order valence-corrected chi connectivity index (χ1v) is 6.93. The van der Waals surface area contributed by atoms with E-state index in [0.29, 0.717) is 12.1 Å². The number of benzene rings is 1. The minimum Gasteiger partial charge on any atom is -0.309 e. The van der Waals surface area contributed by atoms with Gasteiger partial charge in [0.1, 0.15) is 5.82 Å². The first-order valence-electron chi connectivity index (χ1n) is 6.93. The van der Waals surface area contributed by atoms with Crippen LogP contribution in [0.1, 0.15) is 42.5 Å². The average Bonchev–Trinajstić information content (AvgIpc) is 2.45. The second kappa shape index (κ2) is 7.19. The highest BCUT2D eigenvalue weighted by atomic mass is 19.1. The number of carbonyl (C=O) groups is 1. The van der Waals surface area contributed by atoms with Crippen LogP contribution in [0.2, 0.25) is 0 Å². The van der Waals surface area contributed by atoms with Gasteiger partial charge in [0, 0.05) is 5.56 Å². The van der Waals surface area contributed by atoms with Crippen LogP contribution < -0.4 is 5.32 Å². The summed E-state index contributed by atoms with van der Waals surface area (Å²) >= 11 is 0. The van der Waals surface area contributed by atoms with Gasteiger partial charge in [-0.15, -0.1) is 0 Å². The van der Waals surface area contributed by atoms with Gasteiger partial charge in [0.25, 0.3) is 0 Å². The maximum absolute atomic E-state index is 12.7. The second-order valence-corrected chi connectivity index (χ2v) is 4.97. The third kappa shape index (κ3) is 4.60. The molecule has 0 bridgehead atoms. The van der Waals surface area contributed by atoms with Crippen LogP contribution in [0, 0.1) is 5.82 Å². The molecule has 0 atom stereocenters. The van der Waals surface area contributed by atoms with E-state index in [1.807, 2.05) is 0 Å². The van der Waals surface area contributed by atoms with E-state index in [1.54, 1.807) is 0 Å². The fourth-order valence-electron chi connectivity index (χ4n) is 2.32. The van der Waals surface area contributed by atoms with Crippen LogP contribution in [-0.4, -0.2) is 18.9 Å². The molecular weight excluding hydrogens is 241 g/mol. The molecule has 0 saturated carbocycles. The number of rotatable bonds is 6. The van der Waals surface area contributed by atoms with Crippen molar-refractivity contribution in [2.24, 2.45) is 0 Å². The molecule has 0 heterocycles. The predicted octanol–water partition coefficient (Wildman–Crippen LogP) is 3.49. The maximum atomic E-state index is 12.7. The van der Waals surface area contributed by atoms with Gasteiger partial charge in [0.2, 0.25) is 0 Å². The van der Waals surface area contributed by atoms with E-state index in [-0.39, 0.29) is 11.6 Å². The fraction of sp³-hybridized carbons (Fsp3) is 0.438. The standard InChI is InChI=1S/C16H20FNO/c17-15-8-6-14(7-9-15)16(19)12-18-11-10-13-4-2-1-3-5-13/h4,6-9,18H,1-3,5,10-12H2. The molecule has 0 unspecified atom stereocenters. The van der Waals surface area contributed by atoms with Crippen molar-refractivity contribution in [1.82, 2.24) is 5.32 Å². The topological polar surface area (TPSA) is 29.1 Å². The van der Waals surface area contributed by atoms with Crippen molar-refractivity contribution in [3.8, 4) is 0 Å². The van der Waals surface area contributed by atoms with E-state index < -0.39 is 0 Å². The zero-order valence-electron chi connectivity index (χ0n) is 11.1. The third-order valence-corrected chi connectivity index (χ3v) is 3.46. The minimum absolute atomic E-state index is 0.0117. The molecule has 0 aromatic heterocycles. The molecule has 102 valence electrons. The SMILES string of the molecule is O=C(CNCCC1=CCCCC1)c1ccc(F)cc1. The van der Waals surface area contributed by atoms with E-state index in [0.717, 1.165) is 13.0 Å². The largest absolute Gasteiger partial charge is 0.309 e. The highest BCUT2D eigenvalue weighted by molar-refractivity contribution is 5.97. The molecule has 19 heavy (non-hydrogen) atoms. The summed E-state index contributed by atoms with van der Waals surface area (Å²) in [6.45, 7) is 1.15. The molecule has 1 aliphatic carbocycles. The number of hydrogen-bond acceptors (Lipinski definition) is 2. The zero-order chi connectivity index (χ0) is 13.5. The molecule has 1 aromatic carbocycles. The molecule has 2 nitrogen and oxygen atoms in total. The Morgan fingerprint density at radius 2 is 2.00 bits per heavy atom. The average molecular weight is 261 g/mol. The summed E-state index contributed by atoms with van der Waals surface area (Å²) in [5.41, 5.74) is 2.07. The molecule has 1 N–H and O–H groups in total. The quantitative estimate of drug-likeness (QED) is 0.482. The Morgan fingerprint density at radius 1 is 1.21 bits per heavy atom. The van der Waals surface area contributed by atoms with Gasteiger partial charge in [-0.05, 0) is 62.9 Å². The van der Waals surface area contributed by atoms with E-state index in [4.69, 9.17) is 0 Å². The number of nitrogens with one attached hydrogen (secondary N) is 1. The van der Waals surface area contributed by atoms with Gasteiger partial charge in [-0.25, -0.2) is 4.39 Å². The summed E-state index contributed by atoms with van der Waals surface area (Å²) < 4.78 is 12.7. The first-order chi connectivity index (χ1) is 9.25. The number of halogens is 1. The van der Waals surface area contributed by atoms with Gasteiger partial charge in [0.15, 0.2) is 5.78 Å². The van der Waals surface area contributed by atoms with Crippen LogP contribution in [0.4, 0.5) is 4.39 Å². The van der Waals surface area contributed by atoms with Crippen molar-refractivity contribution < 1.29 is 9.18 Å². The molecular formula is C16H20FNO. The fourth-order valence-corrected chi connectivity index (χ4v) is 2.32. The highest BCUT2D eigenvalue weighted by Gasteiger charge is 2.06. The molecule has 0 spiro atoms. The van der Waals surface area contributed by atoms with Gasteiger partial charge < -0.3 is 5.32 Å². The molecule has 0 fully saturated rings. The van der Waals surface area contributed by atoms with E-state index >= 15 is 0 Å².